The highest BCUT2D eigenvalue weighted by molar-refractivity contribution is 6.33. The lowest BCUT2D eigenvalue weighted by molar-refractivity contribution is 0.0950. The molecule has 0 aliphatic heterocycles. The third-order valence-electron chi connectivity index (χ3n) is 4.12. The average Bonchev–Trinajstić information content (AvgIpc) is 2.63. The molecular formula is C21H21ClN4O. The Bertz CT molecular complexity index is 947. The first-order valence-electron chi connectivity index (χ1n) is 8.62. The van der Waals surface area contributed by atoms with E-state index in [0.29, 0.717) is 23.1 Å². The molecule has 3 aromatic rings. The van der Waals surface area contributed by atoms with Gasteiger partial charge in [0.1, 0.15) is 0 Å². The van der Waals surface area contributed by atoms with Gasteiger partial charge in [-0.25, -0.2) is 9.97 Å². The van der Waals surface area contributed by atoms with Crippen molar-refractivity contribution >= 4 is 29.1 Å². The monoisotopic (exact) mass is 380 g/mol. The summed E-state index contributed by atoms with van der Waals surface area (Å²) in [7, 11) is 0. The minimum atomic E-state index is -0.215. The van der Waals surface area contributed by atoms with Crippen LogP contribution in [0.1, 0.15) is 32.6 Å². The van der Waals surface area contributed by atoms with Crippen LogP contribution in [0.4, 0.5) is 11.6 Å². The van der Waals surface area contributed by atoms with Gasteiger partial charge in [-0.3, -0.25) is 4.79 Å². The molecule has 0 bridgehead atoms. The Morgan fingerprint density at radius 1 is 1.04 bits per heavy atom. The van der Waals surface area contributed by atoms with Gasteiger partial charge in [-0.05, 0) is 43.5 Å². The lowest BCUT2D eigenvalue weighted by Crippen LogP contribution is -2.23. The lowest BCUT2D eigenvalue weighted by atomic mass is 10.1. The SMILES string of the molecule is Cc1cccc(CNC(=O)c2cnc(Nc3c(C)cc(C)cc3Cl)nc2)c1. The average molecular weight is 381 g/mol. The highest BCUT2D eigenvalue weighted by atomic mass is 35.5. The van der Waals surface area contributed by atoms with E-state index in [0.717, 1.165) is 27.9 Å². The number of hydrogen-bond donors (Lipinski definition) is 2. The van der Waals surface area contributed by atoms with Crippen molar-refractivity contribution in [1.82, 2.24) is 15.3 Å². The Balaban J connectivity index is 1.65. The maximum Gasteiger partial charge on any atom is 0.254 e. The summed E-state index contributed by atoms with van der Waals surface area (Å²) in [6, 6.07) is 11.9. The van der Waals surface area contributed by atoms with Crippen molar-refractivity contribution in [3.63, 3.8) is 0 Å². The number of rotatable bonds is 5. The molecule has 27 heavy (non-hydrogen) atoms. The molecule has 5 nitrogen and oxygen atoms in total. The number of benzene rings is 2. The fourth-order valence-corrected chi connectivity index (χ4v) is 3.17. The largest absolute Gasteiger partial charge is 0.348 e. The van der Waals surface area contributed by atoms with Crippen molar-refractivity contribution < 1.29 is 4.79 Å². The summed E-state index contributed by atoms with van der Waals surface area (Å²) in [5.74, 6) is 0.173. The molecule has 2 aromatic carbocycles. The molecule has 1 amide bonds. The number of hydrogen-bond acceptors (Lipinski definition) is 4. The third kappa shape index (κ3) is 4.83. The van der Waals surface area contributed by atoms with E-state index in [1.165, 1.54) is 12.4 Å². The standard InChI is InChI=1S/C21H21ClN4O/c1-13-5-4-6-16(8-13)10-23-20(27)17-11-24-21(25-12-17)26-19-15(3)7-14(2)9-18(19)22/h4-9,11-12H,10H2,1-3H3,(H,23,27)(H,24,25,26). The van der Waals surface area contributed by atoms with Crippen molar-refractivity contribution in [3.8, 4) is 0 Å². The Hall–Kier alpha value is -2.92. The summed E-state index contributed by atoms with van der Waals surface area (Å²) in [5.41, 5.74) is 5.46. The summed E-state index contributed by atoms with van der Waals surface area (Å²) in [4.78, 5) is 20.7. The molecule has 0 saturated carbocycles. The van der Waals surface area contributed by atoms with Crippen LogP contribution >= 0.6 is 11.6 Å². The summed E-state index contributed by atoms with van der Waals surface area (Å²) >= 11 is 6.29. The van der Waals surface area contributed by atoms with Gasteiger partial charge >= 0.3 is 0 Å². The van der Waals surface area contributed by atoms with Crippen LogP contribution in [0.15, 0.2) is 48.8 Å². The molecule has 0 atom stereocenters. The first kappa shape index (κ1) is 18.9. The number of aryl methyl sites for hydroxylation is 3. The van der Waals surface area contributed by atoms with Crippen molar-refractivity contribution in [2.75, 3.05) is 5.32 Å². The van der Waals surface area contributed by atoms with E-state index in [1.807, 2.05) is 57.2 Å². The van der Waals surface area contributed by atoms with Crippen LogP contribution in [-0.4, -0.2) is 15.9 Å². The van der Waals surface area contributed by atoms with Crippen LogP contribution < -0.4 is 10.6 Å². The van der Waals surface area contributed by atoms with Gasteiger partial charge < -0.3 is 10.6 Å². The quantitative estimate of drug-likeness (QED) is 0.671. The third-order valence-corrected chi connectivity index (χ3v) is 4.42. The van der Waals surface area contributed by atoms with Crippen molar-refractivity contribution in [1.29, 1.82) is 0 Å². The summed E-state index contributed by atoms with van der Waals surface area (Å²) in [6.45, 7) is 6.43. The van der Waals surface area contributed by atoms with Crippen molar-refractivity contribution in [3.05, 3.63) is 81.6 Å². The molecule has 0 aliphatic rings. The number of anilines is 2. The summed E-state index contributed by atoms with van der Waals surface area (Å²) in [6.07, 6.45) is 3.00. The van der Waals surface area contributed by atoms with Crippen LogP contribution in [0, 0.1) is 20.8 Å². The topological polar surface area (TPSA) is 66.9 Å². The van der Waals surface area contributed by atoms with Gasteiger partial charge in [0, 0.05) is 18.9 Å². The second-order valence-corrected chi connectivity index (χ2v) is 6.94. The molecular weight excluding hydrogens is 360 g/mol. The fourth-order valence-electron chi connectivity index (χ4n) is 2.80. The number of nitrogens with zero attached hydrogens (tertiary/aromatic N) is 2. The van der Waals surface area contributed by atoms with Gasteiger partial charge in [0.2, 0.25) is 5.95 Å². The minimum Gasteiger partial charge on any atom is -0.348 e. The maximum absolute atomic E-state index is 12.3. The van der Waals surface area contributed by atoms with E-state index in [1.54, 1.807) is 0 Å². The van der Waals surface area contributed by atoms with E-state index in [4.69, 9.17) is 11.6 Å². The van der Waals surface area contributed by atoms with Crippen molar-refractivity contribution in [2.24, 2.45) is 0 Å². The second kappa shape index (κ2) is 8.18. The smallest absolute Gasteiger partial charge is 0.254 e. The predicted molar refractivity (Wildman–Crippen MR) is 109 cm³/mol. The van der Waals surface area contributed by atoms with Gasteiger partial charge in [0.05, 0.1) is 16.3 Å². The molecule has 138 valence electrons. The first-order chi connectivity index (χ1) is 12.9. The Labute approximate surface area is 163 Å². The molecule has 3 rings (SSSR count). The molecule has 0 aliphatic carbocycles. The maximum atomic E-state index is 12.3. The minimum absolute atomic E-state index is 0.215. The zero-order valence-electron chi connectivity index (χ0n) is 15.5. The van der Waals surface area contributed by atoms with Crippen molar-refractivity contribution in [2.45, 2.75) is 27.3 Å². The number of halogens is 1. The molecule has 0 spiro atoms. The molecule has 1 aromatic heterocycles. The lowest BCUT2D eigenvalue weighted by Gasteiger charge is -2.11. The van der Waals surface area contributed by atoms with E-state index in [9.17, 15) is 4.79 Å². The van der Waals surface area contributed by atoms with Gasteiger partial charge in [-0.2, -0.15) is 0 Å². The molecule has 2 N–H and O–H groups in total. The van der Waals surface area contributed by atoms with E-state index in [-0.39, 0.29) is 5.91 Å². The van der Waals surface area contributed by atoms with Crippen LogP contribution in [0.5, 0.6) is 0 Å². The van der Waals surface area contributed by atoms with Gasteiger partial charge in [0.15, 0.2) is 0 Å². The van der Waals surface area contributed by atoms with Crippen LogP contribution in [0.2, 0.25) is 5.02 Å². The molecule has 0 fully saturated rings. The van der Waals surface area contributed by atoms with E-state index < -0.39 is 0 Å². The van der Waals surface area contributed by atoms with Gasteiger partial charge in [-0.15, -0.1) is 0 Å². The number of carbonyl (C=O) groups is 1. The summed E-state index contributed by atoms with van der Waals surface area (Å²) < 4.78 is 0. The number of amides is 1. The Morgan fingerprint density at radius 2 is 1.78 bits per heavy atom. The highest BCUT2D eigenvalue weighted by Crippen LogP contribution is 2.29. The zero-order chi connectivity index (χ0) is 19.4. The summed E-state index contributed by atoms with van der Waals surface area (Å²) in [5, 5.41) is 6.60. The van der Waals surface area contributed by atoms with Crippen LogP contribution in [-0.2, 0) is 6.54 Å². The predicted octanol–water partition coefficient (Wildman–Crippen LogP) is 4.73. The number of nitrogens with one attached hydrogen (secondary N) is 2. The van der Waals surface area contributed by atoms with Gasteiger partial charge in [0.25, 0.3) is 5.91 Å². The zero-order valence-corrected chi connectivity index (χ0v) is 16.3. The highest BCUT2D eigenvalue weighted by Gasteiger charge is 2.10. The molecule has 1 heterocycles. The molecule has 0 saturated heterocycles. The Morgan fingerprint density at radius 3 is 2.44 bits per heavy atom. The Kier molecular flexibility index (Phi) is 5.72. The van der Waals surface area contributed by atoms with Crippen LogP contribution in [0.3, 0.4) is 0 Å². The van der Waals surface area contributed by atoms with Crippen LogP contribution in [0.25, 0.3) is 0 Å². The fraction of sp³-hybridized carbons (Fsp3) is 0.190. The number of aromatic nitrogens is 2. The second-order valence-electron chi connectivity index (χ2n) is 6.53. The molecule has 0 radical (unpaired) electrons. The van der Waals surface area contributed by atoms with E-state index in [2.05, 4.69) is 20.6 Å². The normalized spacial score (nSPS) is 10.5. The van der Waals surface area contributed by atoms with E-state index >= 15 is 0 Å². The first-order valence-corrected chi connectivity index (χ1v) is 9.00. The van der Waals surface area contributed by atoms with Gasteiger partial charge in [-0.1, -0.05) is 47.5 Å². The molecule has 0 unspecified atom stereocenters. The number of carbonyl (C=O) groups excluding carboxylic acids is 1. The molecule has 6 heteroatoms.